The number of rotatable bonds is 3. The van der Waals surface area contributed by atoms with E-state index in [1.54, 1.807) is 29.9 Å². The van der Waals surface area contributed by atoms with Crippen LogP contribution in [0.15, 0.2) is 36.0 Å². The van der Waals surface area contributed by atoms with Crippen molar-refractivity contribution < 1.29 is 9.50 Å². The first kappa shape index (κ1) is 10.9. The van der Waals surface area contributed by atoms with Crippen molar-refractivity contribution >= 4 is 17.2 Å². The molecule has 82 valence electrons. The van der Waals surface area contributed by atoms with Gasteiger partial charge in [-0.3, -0.25) is 0 Å². The van der Waals surface area contributed by atoms with Gasteiger partial charge in [-0.1, -0.05) is 0 Å². The van der Waals surface area contributed by atoms with Gasteiger partial charge in [0.1, 0.15) is 5.83 Å². The number of aliphatic hydroxyl groups is 1. The molecule has 0 fully saturated rings. The third kappa shape index (κ3) is 2.32. The minimum Gasteiger partial charge on any atom is -0.392 e. The molecule has 0 aliphatic rings. The van der Waals surface area contributed by atoms with E-state index in [4.69, 9.17) is 5.11 Å². The second-order valence-corrected chi connectivity index (χ2v) is 3.92. The van der Waals surface area contributed by atoms with E-state index in [9.17, 15) is 4.39 Å². The zero-order valence-corrected chi connectivity index (χ0v) is 9.12. The molecule has 3 nitrogen and oxygen atoms in total. The van der Waals surface area contributed by atoms with Crippen molar-refractivity contribution in [1.82, 2.24) is 9.97 Å². The molecular weight excluding hydrogens is 227 g/mol. The summed E-state index contributed by atoms with van der Waals surface area (Å²) in [5.74, 6) is 0.150. The summed E-state index contributed by atoms with van der Waals surface area (Å²) in [4.78, 5) is 8.61. The molecule has 0 atom stereocenters. The Morgan fingerprint density at radius 3 is 2.88 bits per heavy atom. The Kier molecular flexibility index (Phi) is 3.38. The van der Waals surface area contributed by atoms with Crippen LogP contribution >= 0.6 is 11.3 Å². The van der Waals surface area contributed by atoms with Crippen molar-refractivity contribution in [2.45, 2.75) is 0 Å². The van der Waals surface area contributed by atoms with Crippen LogP contribution in [0.3, 0.4) is 0 Å². The molecule has 0 aromatic carbocycles. The van der Waals surface area contributed by atoms with E-state index in [0.29, 0.717) is 10.7 Å². The summed E-state index contributed by atoms with van der Waals surface area (Å²) in [7, 11) is 0. The van der Waals surface area contributed by atoms with Crippen LogP contribution in [0.4, 0.5) is 4.39 Å². The highest BCUT2D eigenvalue weighted by molar-refractivity contribution is 7.11. The Bertz CT molecular complexity index is 496. The first-order valence-corrected chi connectivity index (χ1v) is 5.52. The van der Waals surface area contributed by atoms with Gasteiger partial charge in [0.25, 0.3) is 0 Å². The molecule has 0 unspecified atom stereocenters. The highest BCUT2D eigenvalue weighted by Gasteiger charge is 2.07. The molecular formula is C11H9FN2OS. The molecule has 0 spiro atoms. The first-order valence-electron chi connectivity index (χ1n) is 4.64. The van der Waals surface area contributed by atoms with Crippen molar-refractivity contribution in [3.63, 3.8) is 0 Å². The molecule has 1 N–H and O–H groups in total. The van der Waals surface area contributed by atoms with Gasteiger partial charge >= 0.3 is 0 Å². The van der Waals surface area contributed by atoms with Gasteiger partial charge < -0.3 is 5.11 Å². The van der Waals surface area contributed by atoms with Gasteiger partial charge in [-0.25, -0.2) is 14.4 Å². The number of thiophene rings is 1. The van der Waals surface area contributed by atoms with Crippen LogP contribution in [0.2, 0.25) is 0 Å². The summed E-state index contributed by atoms with van der Waals surface area (Å²) >= 11 is 1.26. The third-order valence-corrected chi connectivity index (χ3v) is 2.87. The molecule has 0 saturated carbocycles. The van der Waals surface area contributed by atoms with Crippen LogP contribution in [0.5, 0.6) is 0 Å². The first-order chi connectivity index (χ1) is 7.81. The summed E-state index contributed by atoms with van der Waals surface area (Å²) in [6.45, 7) is -0.305. The number of aromatic nitrogens is 2. The standard InChI is InChI=1S/C11H9FN2OS/c12-9(2-5-15)10-6-8(7-16-10)11-13-3-1-4-14-11/h1-4,6-7,15H,5H2/b9-2+. The van der Waals surface area contributed by atoms with Crippen LogP contribution in [0.25, 0.3) is 17.2 Å². The monoisotopic (exact) mass is 236 g/mol. The normalized spacial score (nSPS) is 11.8. The van der Waals surface area contributed by atoms with Crippen molar-refractivity contribution in [2.24, 2.45) is 0 Å². The Hall–Kier alpha value is -1.59. The lowest BCUT2D eigenvalue weighted by atomic mass is 10.2. The van der Waals surface area contributed by atoms with Gasteiger partial charge in [0.05, 0.1) is 11.5 Å². The molecule has 0 aliphatic heterocycles. The summed E-state index contributed by atoms with van der Waals surface area (Å²) < 4.78 is 13.3. The molecule has 16 heavy (non-hydrogen) atoms. The van der Waals surface area contributed by atoms with Gasteiger partial charge in [0.2, 0.25) is 0 Å². The number of nitrogens with zero attached hydrogens (tertiary/aromatic N) is 2. The van der Waals surface area contributed by atoms with Crippen LogP contribution in [-0.2, 0) is 0 Å². The highest BCUT2D eigenvalue weighted by atomic mass is 32.1. The van der Waals surface area contributed by atoms with Gasteiger partial charge in [-0.2, -0.15) is 0 Å². The van der Waals surface area contributed by atoms with Crippen molar-refractivity contribution in [2.75, 3.05) is 6.61 Å². The molecule has 0 saturated heterocycles. The number of halogens is 1. The minimum atomic E-state index is -0.422. The van der Waals surface area contributed by atoms with E-state index in [-0.39, 0.29) is 6.61 Å². The Morgan fingerprint density at radius 2 is 2.19 bits per heavy atom. The highest BCUT2D eigenvalue weighted by Crippen LogP contribution is 2.28. The fourth-order valence-corrected chi connectivity index (χ4v) is 2.03. The van der Waals surface area contributed by atoms with E-state index in [2.05, 4.69) is 9.97 Å². The lowest BCUT2D eigenvalue weighted by Crippen LogP contribution is -1.83. The smallest absolute Gasteiger partial charge is 0.159 e. The molecule has 0 bridgehead atoms. The largest absolute Gasteiger partial charge is 0.392 e. The molecule has 2 aromatic heterocycles. The minimum absolute atomic E-state index is 0.305. The van der Waals surface area contributed by atoms with E-state index in [1.807, 2.05) is 0 Å². The maximum absolute atomic E-state index is 13.3. The van der Waals surface area contributed by atoms with E-state index < -0.39 is 5.83 Å². The second kappa shape index (κ2) is 4.96. The molecule has 2 aromatic rings. The molecule has 0 amide bonds. The lowest BCUT2D eigenvalue weighted by molar-refractivity contribution is 0.342. The summed E-state index contributed by atoms with van der Waals surface area (Å²) in [6.07, 6.45) is 4.40. The number of hydrogen-bond donors (Lipinski definition) is 1. The Labute approximate surface area is 95.9 Å². The quantitative estimate of drug-likeness (QED) is 0.890. The van der Waals surface area contributed by atoms with Gasteiger partial charge in [-0.15, -0.1) is 11.3 Å². The van der Waals surface area contributed by atoms with Crippen LogP contribution < -0.4 is 0 Å². The van der Waals surface area contributed by atoms with Crippen LogP contribution in [0, 0.1) is 0 Å². The Balaban J connectivity index is 2.30. The maximum Gasteiger partial charge on any atom is 0.159 e. The molecule has 2 rings (SSSR count). The topological polar surface area (TPSA) is 46.0 Å². The van der Waals surface area contributed by atoms with E-state index in [0.717, 1.165) is 11.6 Å². The molecule has 0 radical (unpaired) electrons. The van der Waals surface area contributed by atoms with Crippen molar-refractivity contribution in [3.05, 3.63) is 40.9 Å². The molecule has 0 aliphatic carbocycles. The van der Waals surface area contributed by atoms with Crippen LogP contribution in [0.1, 0.15) is 4.88 Å². The SMILES string of the molecule is OC/C=C(/F)c1cc(-c2ncccn2)cs1. The third-order valence-electron chi connectivity index (χ3n) is 1.93. The zero-order valence-electron chi connectivity index (χ0n) is 8.30. The van der Waals surface area contributed by atoms with Gasteiger partial charge in [0, 0.05) is 23.3 Å². The van der Waals surface area contributed by atoms with E-state index >= 15 is 0 Å². The predicted molar refractivity (Wildman–Crippen MR) is 61.5 cm³/mol. The fraction of sp³-hybridized carbons (Fsp3) is 0.0909. The number of hydrogen-bond acceptors (Lipinski definition) is 4. The van der Waals surface area contributed by atoms with Crippen molar-refractivity contribution in [3.8, 4) is 11.4 Å². The van der Waals surface area contributed by atoms with Crippen molar-refractivity contribution in [1.29, 1.82) is 0 Å². The summed E-state index contributed by atoms with van der Waals surface area (Å²) in [6, 6.07) is 3.39. The average molecular weight is 236 g/mol. The predicted octanol–water partition coefficient (Wildman–Crippen LogP) is 2.51. The lowest BCUT2D eigenvalue weighted by Gasteiger charge is -1.93. The summed E-state index contributed by atoms with van der Waals surface area (Å²) in [5, 5.41) is 10.4. The second-order valence-electron chi connectivity index (χ2n) is 3.01. The average Bonchev–Trinajstić information content (AvgIpc) is 2.80. The maximum atomic E-state index is 13.3. The van der Waals surface area contributed by atoms with E-state index in [1.165, 1.54) is 11.3 Å². The Morgan fingerprint density at radius 1 is 1.44 bits per heavy atom. The zero-order chi connectivity index (χ0) is 11.4. The number of aliphatic hydroxyl groups excluding tert-OH is 1. The molecule has 5 heteroatoms. The summed E-state index contributed by atoms with van der Waals surface area (Å²) in [5.41, 5.74) is 0.780. The molecule has 2 heterocycles. The fourth-order valence-electron chi connectivity index (χ4n) is 1.21. The van der Waals surface area contributed by atoms with Gasteiger partial charge in [-0.05, 0) is 18.2 Å². The van der Waals surface area contributed by atoms with Gasteiger partial charge in [0.15, 0.2) is 5.82 Å². The van der Waals surface area contributed by atoms with Crippen LogP contribution in [-0.4, -0.2) is 21.7 Å².